The molecule has 1 nitrogen and oxygen atoms in total. The maximum atomic E-state index is 14.1. The number of alkyl halides is 2. The summed E-state index contributed by atoms with van der Waals surface area (Å²) in [6.07, 6.45) is 0.589. The third-order valence-electron chi connectivity index (χ3n) is 6.39. The fraction of sp³-hybridized carbons (Fsp3) is 0.400. The van der Waals surface area contributed by atoms with Crippen LogP contribution in [0, 0.1) is 11.3 Å². The van der Waals surface area contributed by atoms with Crippen LogP contribution in [0.4, 0.5) is 8.78 Å². The number of rotatable bonds is 1. The quantitative estimate of drug-likeness (QED) is 0.735. The van der Waals surface area contributed by atoms with Crippen molar-refractivity contribution in [1.82, 2.24) is 4.90 Å². The highest BCUT2D eigenvalue weighted by atomic mass is 19.3. The zero-order valence-electron chi connectivity index (χ0n) is 13.1. The van der Waals surface area contributed by atoms with Gasteiger partial charge in [0.25, 0.3) is 5.92 Å². The Morgan fingerprint density at radius 3 is 2.09 bits per heavy atom. The number of halogens is 2. The number of likely N-dealkylation sites (tertiary alicyclic amines) is 1. The number of piperidine rings is 1. The van der Waals surface area contributed by atoms with Crippen molar-refractivity contribution >= 4 is 0 Å². The number of hydrogen-bond acceptors (Lipinski definition) is 1. The van der Waals surface area contributed by atoms with Crippen LogP contribution in [0.1, 0.15) is 30.5 Å². The van der Waals surface area contributed by atoms with Crippen LogP contribution in [0.15, 0.2) is 48.5 Å². The predicted octanol–water partition coefficient (Wildman–Crippen LogP) is 4.73. The Morgan fingerprint density at radius 1 is 0.957 bits per heavy atom. The molecule has 0 N–H and O–H groups in total. The standard InChI is InChI=1S/C20H19F2N/c1-19-10-11-23(12-17(19)20(19,21)22)18-15-8-4-2-6-13(15)14-7-3-5-9-16(14)18/h2-9,17-18H,10-12H2,1H3. The number of fused-ring (bicyclic) bond motifs is 4. The van der Waals surface area contributed by atoms with Crippen LogP contribution in [0.3, 0.4) is 0 Å². The van der Waals surface area contributed by atoms with E-state index in [1.54, 1.807) is 6.92 Å². The molecule has 0 amide bonds. The molecule has 2 aromatic carbocycles. The van der Waals surface area contributed by atoms with Gasteiger partial charge in [-0.25, -0.2) is 8.78 Å². The summed E-state index contributed by atoms with van der Waals surface area (Å²) >= 11 is 0. The molecule has 0 bridgehead atoms. The second kappa shape index (κ2) is 4.21. The van der Waals surface area contributed by atoms with Crippen molar-refractivity contribution in [2.24, 2.45) is 11.3 Å². The van der Waals surface area contributed by atoms with Gasteiger partial charge in [0.2, 0.25) is 0 Å². The van der Waals surface area contributed by atoms with E-state index in [9.17, 15) is 8.78 Å². The van der Waals surface area contributed by atoms with Crippen LogP contribution in [-0.2, 0) is 0 Å². The molecule has 2 aromatic rings. The Bertz CT molecular complexity index is 754. The molecule has 1 saturated heterocycles. The third-order valence-corrected chi connectivity index (χ3v) is 6.39. The lowest BCUT2D eigenvalue weighted by molar-refractivity contribution is 0.0636. The molecule has 3 heteroatoms. The Kier molecular flexibility index (Phi) is 2.50. The molecule has 0 radical (unpaired) electrons. The van der Waals surface area contributed by atoms with Crippen LogP contribution >= 0.6 is 0 Å². The minimum absolute atomic E-state index is 0.128. The first kappa shape index (κ1) is 13.7. The van der Waals surface area contributed by atoms with Gasteiger partial charge >= 0.3 is 0 Å². The Labute approximate surface area is 134 Å². The van der Waals surface area contributed by atoms with Crippen LogP contribution in [0.25, 0.3) is 11.1 Å². The first-order chi connectivity index (χ1) is 11.0. The van der Waals surface area contributed by atoms with Crippen molar-refractivity contribution in [2.45, 2.75) is 25.3 Å². The van der Waals surface area contributed by atoms with Crippen molar-refractivity contribution in [3.8, 4) is 11.1 Å². The van der Waals surface area contributed by atoms with Crippen molar-refractivity contribution in [2.75, 3.05) is 13.1 Å². The first-order valence-electron chi connectivity index (χ1n) is 8.34. The van der Waals surface area contributed by atoms with Gasteiger partial charge in [0.1, 0.15) is 0 Å². The molecular formula is C20H19F2N. The van der Waals surface area contributed by atoms with Gasteiger partial charge in [-0.05, 0) is 35.2 Å². The van der Waals surface area contributed by atoms with Crippen LogP contribution in [-0.4, -0.2) is 23.9 Å². The van der Waals surface area contributed by atoms with Crippen molar-refractivity contribution in [3.63, 3.8) is 0 Å². The van der Waals surface area contributed by atoms with Crippen molar-refractivity contribution in [1.29, 1.82) is 0 Å². The summed E-state index contributed by atoms with van der Waals surface area (Å²) in [6, 6.07) is 16.9. The third kappa shape index (κ3) is 1.59. The van der Waals surface area contributed by atoms with Crippen LogP contribution in [0.2, 0.25) is 0 Å². The summed E-state index contributed by atoms with van der Waals surface area (Å²) < 4.78 is 28.2. The molecule has 1 heterocycles. The Hall–Kier alpha value is -1.74. The summed E-state index contributed by atoms with van der Waals surface area (Å²) in [5.41, 5.74) is 4.27. The second-order valence-corrected chi connectivity index (χ2v) is 7.41. The molecule has 0 aromatic heterocycles. The Morgan fingerprint density at radius 2 is 1.52 bits per heavy atom. The maximum absolute atomic E-state index is 14.1. The highest BCUT2D eigenvalue weighted by molar-refractivity contribution is 5.78. The summed E-state index contributed by atoms with van der Waals surface area (Å²) in [5.74, 6) is -2.97. The van der Waals surface area contributed by atoms with Gasteiger partial charge < -0.3 is 0 Å². The molecule has 2 aliphatic carbocycles. The number of benzene rings is 2. The van der Waals surface area contributed by atoms with Gasteiger partial charge in [-0.3, -0.25) is 4.90 Å². The van der Waals surface area contributed by atoms with E-state index in [2.05, 4.69) is 53.4 Å². The lowest BCUT2D eigenvalue weighted by atomic mass is 9.94. The smallest absolute Gasteiger partial charge is 0.258 e. The van der Waals surface area contributed by atoms with Gasteiger partial charge in [0.15, 0.2) is 0 Å². The average molecular weight is 311 g/mol. The molecular weight excluding hydrogens is 292 g/mol. The van der Waals surface area contributed by atoms with E-state index < -0.39 is 17.3 Å². The van der Waals surface area contributed by atoms with Crippen LogP contribution in [0.5, 0.6) is 0 Å². The van der Waals surface area contributed by atoms with E-state index in [-0.39, 0.29) is 6.04 Å². The monoisotopic (exact) mass is 311 g/mol. The highest BCUT2D eigenvalue weighted by Gasteiger charge is 2.78. The summed E-state index contributed by atoms with van der Waals surface area (Å²) in [4.78, 5) is 2.28. The fourth-order valence-electron chi connectivity index (χ4n) is 4.79. The summed E-state index contributed by atoms with van der Waals surface area (Å²) in [6.45, 7) is 3.00. The summed E-state index contributed by atoms with van der Waals surface area (Å²) in [7, 11) is 0. The van der Waals surface area contributed by atoms with Gasteiger partial charge in [0, 0.05) is 17.9 Å². The molecule has 2 unspecified atom stereocenters. The summed E-state index contributed by atoms with van der Waals surface area (Å²) in [5, 5.41) is 0. The molecule has 23 heavy (non-hydrogen) atoms. The molecule has 3 aliphatic rings. The zero-order valence-corrected chi connectivity index (χ0v) is 13.1. The minimum Gasteiger partial charge on any atom is -0.292 e. The predicted molar refractivity (Wildman–Crippen MR) is 86.5 cm³/mol. The molecule has 2 fully saturated rings. The molecule has 0 spiro atoms. The van der Waals surface area contributed by atoms with E-state index >= 15 is 0 Å². The highest BCUT2D eigenvalue weighted by Crippen LogP contribution is 2.70. The minimum atomic E-state index is -2.49. The average Bonchev–Trinajstić information content (AvgIpc) is 2.88. The SMILES string of the molecule is CC12CCN(C3c4ccccc4-c4ccccc43)CC1C2(F)F. The lowest BCUT2D eigenvalue weighted by Gasteiger charge is -2.34. The van der Waals surface area contributed by atoms with Gasteiger partial charge in [-0.1, -0.05) is 55.5 Å². The largest absolute Gasteiger partial charge is 0.292 e. The maximum Gasteiger partial charge on any atom is 0.258 e. The normalized spacial score (nSPS) is 31.3. The number of nitrogens with zero attached hydrogens (tertiary/aromatic N) is 1. The number of hydrogen-bond donors (Lipinski definition) is 0. The molecule has 1 saturated carbocycles. The van der Waals surface area contributed by atoms with E-state index in [0.717, 1.165) is 6.54 Å². The van der Waals surface area contributed by atoms with Gasteiger partial charge in [0.05, 0.1) is 6.04 Å². The molecule has 118 valence electrons. The second-order valence-electron chi connectivity index (χ2n) is 7.41. The molecule has 1 aliphatic heterocycles. The van der Waals surface area contributed by atoms with E-state index in [4.69, 9.17) is 0 Å². The molecule has 2 atom stereocenters. The zero-order chi connectivity index (χ0) is 15.8. The topological polar surface area (TPSA) is 3.24 Å². The van der Waals surface area contributed by atoms with E-state index in [0.29, 0.717) is 13.0 Å². The Balaban J connectivity index is 1.57. The van der Waals surface area contributed by atoms with E-state index in [1.165, 1.54) is 22.3 Å². The van der Waals surface area contributed by atoms with Crippen LogP contribution < -0.4 is 0 Å². The first-order valence-corrected chi connectivity index (χ1v) is 8.34. The fourth-order valence-corrected chi connectivity index (χ4v) is 4.79. The van der Waals surface area contributed by atoms with Crippen molar-refractivity contribution < 1.29 is 8.78 Å². The van der Waals surface area contributed by atoms with Crippen molar-refractivity contribution in [3.05, 3.63) is 59.7 Å². The van der Waals surface area contributed by atoms with E-state index in [1.807, 2.05) is 0 Å². The van der Waals surface area contributed by atoms with Gasteiger partial charge in [-0.2, -0.15) is 0 Å². The van der Waals surface area contributed by atoms with Gasteiger partial charge in [-0.15, -0.1) is 0 Å². The lowest BCUT2D eigenvalue weighted by Crippen LogP contribution is -2.36. The molecule has 5 rings (SSSR count).